The number of nitrogens with zero attached hydrogens (tertiary/aromatic N) is 6. The summed E-state index contributed by atoms with van der Waals surface area (Å²) >= 11 is 0.614. The van der Waals surface area contributed by atoms with Gasteiger partial charge < -0.3 is 19.2 Å². The van der Waals surface area contributed by atoms with Gasteiger partial charge in [-0.25, -0.2) is 33.1 Å². The third-order valence-electron chi connectivity index (χ3n) is 6.85. The molecule has 1 fully saturated rings. The van der Waals surface area contributed by atoms with Crippen molar-refractivity contribution in [2.45, 2.75) is 31.9 Å². The van der Waals surface area contributed by atoms with Gasteiger partial charge in [0.25, 0.3) is 12.3 Å². The highest BCUT2D eigenvalue weighted by atomic mass is 32.1. The van der Waals surface area contributed by atoms with Gasteiger partial charge in [-0.15, -0.1) is 11.3 Å². The number of carbonyl (C=O) groups is 2. The molecule has 14 heteroatoms. The van der Waals surface area contributed by atoms with Gasteiger partial charge in [-0.2, -0.15) is 0 Å². The number of imidazole rings is 1. The van der Waals surface area contributed by atoms with Crippen LogP contribution >= 0.6 is 11.3 Å². The van der Waals surface area contributed by atoms with Crippen molar-refractivity contribution in [3.8, 4) is 23.0 Å². The second kappa shape index (κ2) is 10.8. The van der Waals surface area contributed by atoms with Crippen LogP contribution in [0.3, 0.4) is 0 Å². The molecule has 1 saturated heterocycles. The fraction of sp³-hybridized carbons (Fsp3) is 0.259. The van der Waals surface area contributed by atoms with Crippen molar-refractivity contribution in [1.82, 2.24) is 34.7 Å². The highest BCUT2D eigenvalue weighted by Crippen LogP contribution is 2.35. The molecule has 6 rings (SSSR count). The second-order valence-electron chi connectivity index (χ2n) is 9.53. The van der Waals surface area contributed by atoms with E-state index < -0.39 is 30.2 Å². The standard InChI is InChI=1S/C27H22F3N7O3S/c1-14(38)36-12-15(34-25(39)27-33-11-22(41-27)23(29)30)8-16(13-36)37-21-9-19(26-31-6-7-40-26)32-10-20(21)35-24(37)17-4-2-3-5-18(17)28/h2-7,9-11,15-16,23H,8,12-13H2,1H3,(H,34,39). The number of carbonyl (C=O) groups excluding carboxylic acids is 2. The number of likely N-dealkylation sites (tertiary alicyclic amines) is 1. The number of fused-ring (bicyclic) bond motifs is 1. The van der Waals surface area contributed by atoms with Gasteiger partial charge in [0.2, 0.25) is 11.8 Å². The van der Waals surface area contributed by atoms with Crippen molar-refractivity contribution in [1.29, 1.82) is 0 Å². The number of benzene rings is 1. The maximum absolute atomic E-state index is 15.1. The van der Waals surface area contributed by atoms with E-state index in [0.717, 1.165) is 6.20 Å². The molecule has 10 nitrogen and oxygen atoms in total. The number of halogens is 3. The molecule has 0 saturated carbocycles. The molecule has 1 aliphatic rings. The van der Waals surface area contributed by atoms with Crippen LogP contribution in [-0.2, 0) is 4.79 Å². The minimum absolute atomic E-state index is 0.0985. The Morgan fingerprint density at radius 2 is 1.98 bits per heavy atom. The number of oxazole rings is 1. The second-order valence-corrected chi connectivity index (χ2v) is 10.6. The summed E-state index contributed by atoms with van der Waals surface area (Å²) in [6, 6.07) is 6.96. The van der Waals surface area contributed by atoms with Gasteiger partial charge in [0.05, 0.1) is 34.4 Å². The Morgan fingerprint density at radius 1 is 1.15 bits per heavy atom. The molecule has 0 radical (unpaired) electrons. The normalized spacial score (nSPS) is 17.3. The van der Waals surface area contributed by atoms with E-state index in [-0.39, 0.29) is 40.3 Å². The van der Waals surface area contributed by atoms with Crippen molar-refractivity contribution < 1.29 is 27.2 Å². The average molecular weight is 582 g/mol. The SMILES string of the molecule is CC(=O)N1CC(NC(=O)c2ncc(C(F)F)s2)CC(n2c(-c3ccccc3F)nc3cnc(-c4ncco4)cc32)C1. The van der Waals surface area contributed by atoms with Gasteiger partial charge in [0.15, 0.2) is 5.01 Å². The maximum Gasteiger partial charge on any atom is 0.280 e. The Bertz CT molecular complexity index is 1740. The van der Waals surface area contributed by atoms with E-state index in [4.69, 9.17) is 9.40 Å². The number of nitrogens with one attached hydrogen (secondary N) is 1. The summed E-state index contributed by atoms with van der Waals surface area (Å²) < 4.78 is 48.4. The molecule has 0 spiro atoms. The summed E-state index contributed by atoms with van der Waals surface area (Å²) in [5.74, 6) is -0.699. The van der Waals surface area contributed by atoms with Gasteiger partial charge in [-0.3, -0.25) is 9.59 Å². The van der Waals surface area contributed by atoms with Crippen LogP contribution in [0.4, 0.5) is 13.2 Å². The Balaban J connectivity index is 1.42. The number of pyridine rings is 1. The fourth-order valence-corrected chi connectivity index (χ4v) is 5.70. The Morgan fingerprint density at radius 3 is 2.68 bits per heavy atom. The molecule has 1 aliphatic heterocycles. The summed E-state index contributed by atoms with van der Waals surface area (Å²) in [6.07, 6.45) is 3.05. The molecule has 210 valence electrons. The summed E-state index contributed by atoms with van der Waals surface area (Å²) in [5.41, 5.74) is 1.78. The quantitative estimate of drug-likeness (QED) is 0.304. The first kappa shape index (κ1) is 26.6. The van der Waals surface area contributed by atoms with Crippen LogP contribution < -0.4 is 5.32 Å². The monoisotopic (exact) mass is 581 g/mol. The molecular formula is C27H22F3N7O3S. The van der Waals surface area contributed by atoms with E-state index in [2.05, 4.69) is 20.3 Å². The maximum atomic E-state index is 15.1. The zero-order valence-electron chi connectivity index (χ0n) is 21.5. The lowest BCUT2D eigenvalue weighted by molar-refractivity contribution is -0.130. The largest absolute Gasteiger partial charge is 0.443 e. The average Bonchev–Trinajstić information content (AvgIpc) is 3.73. The molecule has 5 heterocycles. The number of aromatic nitrogens is 5. The molecule has 1 N–H and O–H groups in total. The number of thiazole rings is 1. The van der Waals surface area contributed by atoms with E-state index in [1.165, 1.54) is 25.5 Å². The number of hydrogen-bond donors (Lipinski definition) is 1. The topological polar surface area (TPSA) is 119 Å². The van der Waals surface area contributed by atoms with Crippen molar-refractivity contribution in [2.75, 3.05) is 13.1 Å². The van der Waals surface area contributed by atoms with Crippen LogP contribution in [0.2, 0.25) is 0 Å². The lowest BCUT2D eigenvalue weighted by atomic mass is 9.99. The summed E-state index contributed by atoms with van der Waals surface area (Å²) in [5, 5.41) is 2.74. The molecule has 1 aromatic carbocycles. The number of hydrogen-bond acceptors (Lipinski definition) is 8. The van der Waals surface area contributed by atoms with E-state index in [9.17, 15) is 18.4 Å². The van der Waals surface area contributed by atoms with Crippen LogP contribution in [0, 0.1) is 5.82 Å². The molecule has 0 aliphatic carbocycles. The molecule has 2 unspecified atom stereocenters. The minimum Gasteiger partial charge on any atom is -0.443 e. The molecule has 2 amide bonds. The molecule has 41 heavy (non-hydrogen) atoms. The molecule has 4 aromatic heterocycles. The lowest BCUT2D eigenvalue weighted by Crippen LogP contribution is -2.52. The number of piperidine rings is 1. The van der Waals surface area contributed by atoms with Gasteiger partial charge in [-0.05, 0) is 24.6 Å². The van der Waals surface area contributed by atoms with Crippen LogP contribution in [0.15, 0.2) is 59.6 Å². The zero-order valence-corrected chi connectivity index (χ0v) is 22.3. The number of rotatable bonds is 6. The Labute approximate surface area is 234 Å². The fourth-order valence-electron chi connectivity index (χ4n) is 5.03. The molecule has 2 atom stereocenters. The van der Waals surface area contributed by atoms with Crippen LogP contribution in [0.5, 0.6) is 0 Å². The minimum atomic E-state index is -2.73. The molecular weight excluding hydrogens is 559 g/mol. The van der Waals surface area contributed by atoms with Crippen LogP contribution in [-0.4, -0.2) is 60.3 Å². The van der Waals surface area contributed by atoms with Gasteiger partial charge in [0, 0.05) is 32.3 Å². The third-order valence-corrected chi connectivity index (χ3v) is 7.85. The summed E-state index contributed by atoms with van der Waals surface area (Å²) in [7, 11) is 0. The van der Waals surface area contributed by atoms with E-state index in [1.54, 1.807) is 35.4 Å². The van der Waals surface area contributed by atoms with Gasteiger partial charge in [0.1, 0.15) is 29.1 Å². The van der Waals surface area contributed by atoms with E-state index >= 15 is 4.39 Å². The van der Waals surface area contributed by atoms with Crippen molar-refractivity contribution >= 4 is 34.2 Å². The summed E-state index contributed by atoms with van der Waals surface area (Å²) in [4.78, 5) is 43.9. The molecule has 0 bridgehead atoms. The first-order valence-corrected chi connectivity index (χ1v) is 13.4. The van der Waals surface area contributed by atoms with Gasteiger partial charge >= 0.3 is 0 Å². The number of amides is 2. The predicted octanol–water partition coefficient (Wildman–Crippen LogP) is 4.88. The van der Waals surface area contributed by atoms with E-state index in [0.29, 0.717) is 40.3 Å². The summed E-state index contributed by atoms with van der Waals surface area (Å²) in [6.45, 7) is 1.89. The van der Waals surface area contributed by atoms with Crippen LogP contribution in [0.25, 0.3) is 34.0 Å². The number of alkyl halides is 2. The Hall–Kier alpha value is -4.59. The highest BCUT2D eigenvalue weighted by Gasteiger charge is 2.34. The Kier molecular flexibility index (Phi) is 6.99. The third kappa shape index (κ3) is 5.17. The lowest BCUT2D eigenvalue weighted by Gasteiger charge is -2.38. The molecule has 5 aromatic rings. The first-order valence-electron chi connectivity index (χ1n) is 12.6. The van der Waals surface area contributed by atoms with Crippen LogP contribution in [0.1, 0.15) is 40.5 Å². The van der Waals surface area contributed by atoms with Crippen molar-refractivity contribution in [3.63, 3.8) is 0 Å². The van der Waals surface area contributed by atoms with Crippen molar-refractivity contribution in [2.24, 2.45) is 0 Å². The highest BCUT2D eigenvalue weighted by molar-refractivity contribution is 7.13. The smallest absolute Gasteiger partial charge is 0.280 e. The van der Waals surface area contributed by atoms with Gasteiger partial charge in [-0.1, -0.05) is 12.1 Å². The first-order chi connectivity index (χ1) is 19.8. The predicted molar refractivity (Wildman–Crippen MR) is 143 cm³/mol. The van der Waals surface area contributed by atoms with Crippen molar-refractivity contribution in [3.05, 3.63) is 70.9 Å². The zero-order chi connectivity index (χ0) is 28.7. The van der Waals surface area contributed by atoms with E-state index in [1.807, 2.05) is 4.57 Å².